The molecule has 0 unspecified atom stereocenters. The van der Waals surface area contributed by atoms with Crippen molar-refractivity contribution in [3.8, 4) is 11.1 Å². The van der Waals surface area contributed by atoms with Crippen molar-refractivity contribution >= 4 is 23.7 Å². The number of ether oxygens (including phenoxy) is 1. The second kappa shape index (κ2) is 9.99. The summed E-state index contributed by atoms with van der Waals surface area (Å²) in [5.41, 5.74) is 5.82. The zero-order valence-electron chi connectivity index (χ0n) is 17.9. The first kappa shape index (κ1) is 22.1. The lowest BCUT2D eigenvalue weighted by Crippen LogP contribution is -2.27. The number of benzene rings is 3. The monoisotopic (exact) mass is 444 g/mol. The first-order chi connectivity index (χ1) is 16.0. The van der Waals surface area contributed by atoms with Gasteiger partial charge in [-0.1, -0.05) is 60.7 Å². The highest BCUT2D eigenvalue weighted by molar-refractivity contribution is 5.86. The predicted octanol–water partition coefficient (Wildman–Crippen LogP) is 4.18. The molecule has 4 rings (SSSR count). The summed E-state index contributed by atoms with van der Waals surface area (Å²) in [6, 6.07) is 23.2. The molecule has 1 aliphatic carbocycles. The third-order valence-electron chi connectivity index (χ3n) is 5.54. The lowest BCUT2D eigenvalue weighted by molar-refractivity contribution is -0.136. The fourth-order valence-corrected chi connectivity index (χ4v) is 4.07. The summed E-state index contributed by atoms with van der Waals surface area (Å²) in [4.78, 5) is 35.0. The molecule has 0 saturated heterocycles. The molecule has 0 atom stereocenters. The van der Waals surface area contributed by atoms with Gasteiger partial charge >= 0.3 is 12.1 Å². The van der Waals surface area contributed by atoms with Gasteiger partial charge in [0.15, 0.2) is 0 Å². The Kier molecular flexibility index (Phi) is 6.69. The van der Waals surface area contributed by atoms with E-state index < -0.39 is 12.1 Å². The molecule has 0 spiro atoms. The molecule has 0 saturated carbocycles. The van der Waals surface area contributed by atoms with Gasteiger partial charge in [0.2, 0.25) is 5.91 Å². The number of hydrogen-bond donors (Lipinski definition) is 3. The molecule has 33 heavy (non-hydrogen) atoms. The van der Waals surface area contributed by atoms with Gasteiger partial charge in [0, 0.05) is 18.2 Å². The van der Waals surface area contributed by atoms with Gasteiger partial charge in [0.05, 0.1) is 12.8 Å². The third kappa shape index (κ3) is 5.38. The van der Waals surface area contributed by atoms with Crippen LogP contribution >= 0.6 is 0 Å². The maximum Gasteiger partial charge on any atom is 0.411 e. The lowest BCUT2D eigenvalue weighted by Gasteiger charge is -2.15. The number of hydrogen-bond acceptors (Lipinski definition) is 4. The number of carboxylic acid groups (broad SMARTS) is 1. The van der Waals surface area contributed by atoms with Crippen LogP contribution in [0, 0.1) is 0 Å². The number of carbonyl (C=O) groups excluding carboxylic acids is 2. The molecule has 0 bridgehead atoms. The molecule has 3 N–H and O–H groups in total. The van der Waals surface area contributed by atoms with E-state index in [0.717, 1.165) is 22.3 Å². The van der Waals surface area contributed by atoms with Crippen molar-refractivity contribution < 1.29 is 24.2 Å². The summed E-state index contributed by atoms with van der Waals surface area (Å²) < 4.78 is 5.56. The van der Waals surface area contributed by atoms with Crippen LogP contribution < -0.4 is 10.6 Å². The van der Waals surface area contributed by atoms with Crippen molar-refractivity contribution in [3.63, 3.8) is 0 Å². The number of anilines is 1. The standard InChI is InChI=1S/C26H24N2O5/c29-24(27-13-12-25(30)31)15-17-6-5-7-18(14-17)28-26(32)33-16-23-21-10-3-1-8-19(21)20-9-2-4-11-22(20)23/h1-11,14,23H,12-13,15-16H2,(H,27,29)(H,28,32)(H,30,31). The number of rotatable bonds is 8. The third-order valence-corrected chi connectivity index (χ3v) is 5.54. The molecule has 3 aromatic carbocycles. The van der Waals surface area contributed by atoms with Gasteiger partial charge in [-0.15, -0.1) is 0 Å². The van der Waals surface area contributed by atoms with Crippen molar-refractivity contribution in [1.82, 2.24) is 5.32 Å². The van der Waals surface area contributed by atoms with Crippen molar-refractivity contribution in [2.24, 2.45) is 0 Å². The zero-order chi connectivity index (χ0) is 23.2. The van der Waals surface area contributed by atoms with E-state index in [0.29, 0.717) is 11.3 Å². The summed E-state index contributed by atoms with van der Waals surface area (Å²) >= 11 is 0. The Labute approximate surface area is 191 Å². The number of fused-ring (bicyclic) bond motifs is 3. The average Bonchev–Trinajstić information content (AvgIpc) is 3.11. The van der Waals surface area contributed by atoms with Crippen LogP contribution in [0.1, 0.15) is 29.0 Å². The van der Waals surface area contributed by atoms with Gasteiger partial charge in [-0.25, -0.2) is 4.79 Å². The van der Waals surface area contributed by atoms with Crippen molar-refractivity contribution in [3.05, 3.63) is 89.5 Å². The average molecular weight is 444 g/mol. The second-order valence-electron chi connectivity index (χ2n) is 7.82. The van der Waals surface area contributed by atoms with E-state index in [9.17, 15) is 14.4 Å². The zero-order valence-corrected chi connectivity index (χ0v) is 17.9. The Morgan fingerprint density at radius 3 is 2.21 bits per heavy atom. The summed E-state index contributed by atoms with van der Waals surface area (Å²) in [7, 11) is 0. The molecule has 7 heteroatoms. The highest BCUT2D eigenvalue weighted by Gasteiger charge is 2.29. The predicted molar refractivity (Wildman–Crippen MR) is 124 cm³/mol. The Hall–Kier alpha value is -4.13. The summed E-state index contributed by atoms with van der Waals surface area (Å²) in [6.07, 6.45) is -0.616. The van der Waals surface area contributed by atoms with Gasteiger partial charge in [0.25, 0.3) is 0 Å². The first-order valence-electron chi connectivity index (χ1n) is 10.7. The molecule has 0 aromatic heterocycles. The SMILES string of the molecule is O=C(O)CCNC(=O)Cc1cccc(NC(=O)OCC2c3ccccc3-c3ccccc32)c1. The van der Waals surface area contributed by atoms with Crippen LogP contribution in [0.15, 0.2) is 72.8 Å². The quantitative estimate of drug-likeness (QED) is 0.483. The highest BCUT2D eigenvalue weighted by Crippen LogP contribution is 2.44. The molecular weight excluding hydrogens is 420 g/mol. The molecule has 0 fully saturated rings. The van der Waals surface area contributed by atoms with E-state index in [2.05, 4.69) is 34.9 Å². The molecule has 168 valence electrons. The van der Waals surface area contributed by atoms with E-state index in [1.807, 2.05) is 24.3 Å². The largest absolute Gasteiger partial charge is 0.481 e. The number of carbonyl (C=O) groups is 3. The summed E-state index contributed by atoms with van der Waals surface area (Å²) in [5.74, 6) is -1.27. The van der Waals surface area contributed by atoms with Crippen LogP contribution in [0.4, 0.5) is 10.5 Å². The van der Waals surface area contributed by atoms with Crippen molar-refractivity contribution in [1.29, 1.82) is 0 Å². The summed E-state index contributed by atoms with van der Waals surface area (Å²) in [6.45, 7) is 0.289. The number of nitrogens with one attached hydrogen (secondary N) is 2. The van der Waals surface area contributed by atoms with Crippen LogP contribution in [-0.2, 0) is 20.7 Å². The van der Waals surface area contributed by atoms with Gasteiger partial charge in [-0.2, -0.15) is 0 Å². The first-order valence-corrected chi connectivity index (χ1v) is 10.7. The molecule has 0 heterocycles. The van der Waals surface area contributed by atoms with Gasteiger partial charge < -0.3 is 15.2 Å². The lowest BCUT2D eigenvalue weighted by atomic mass is 9.98. The normalized spacial score (nSPS) is 11.9. The molecule has 3 aromatic rings. The number of carboxylic acids is 1. The second-order valence-corrected chi connectivity index (χ2v) is 7.82. The van der Waals surface area contributed by atoms with E-state index in [4.69, 9.17) is 9.84 Å². The topological polar surface area (TPSA) is 105 Å². The van der Waals surface area contributed by atoms with E-state index in [-0.39, 0.29) is 37.8 Å². The molecule has 1 aliphatic rings. The number of aliphatic carboxylic acids is 1. The smallest absolute Gasteiger partial charge is 0.411 e. The fourth-order valence-electron chi connectivity index (χ4n) is 4.07. The molecule has 0 radical (unpaired) electrons. The Morgan fingerprint density at radius 1 is 0.879 bits per heavy atom. The van der Waals surface area contributed by atoms with Gasteiger partial charge in [0.1, 0.15) is 6.61 Å². The van der Waals surface area contributed by atoms with Gasteiger partial charge in [-0.05, 0) is 39.9 Å². The minimum Gasteiger partial charge on any atom is -0.481 e. The van der Waals surface area contributed by atoms with E-state index in [1.54, 1.807) is 24.3 Å². The van der Waals surface area contributed by atoms with Crippen molar-refractivity contribution in [2.45, 2.75) is 18.8 Å². The minimum atomic E-state index is -0.968. The van der Waals surface area contributed by atoms with Crippen molar-refractivity contribution in [2.75, 3.05) is 18.5 Å². The Balaban J connectivity index is 1.34. The minimum absolute atomic E-state index is 0.0241. The maximum atomic E-state index is 12.5. The van der Waals surface area contributed by atoms with Crippen LogP contribution in [0.5, 0.6) is 0 Å². The van der Waals surface area contributed by atoms with Crippen LogP contribution in [0.2, 0.25) is 0 Å². The number of amides is 2. The van der Waals surface area contributed by atoms with E-state index >= 15 is 0 Å². The van der Waals surface area contributed by atoms with Crippen LogP contribution in [0.3, 0.4) is 0 Å². The van der Waals surface area contributed by atoms with Crippen LogP contribution in [-0.4, -0.2) is 36.2 Å². The Morgan fingerprint density at radius 2 is 1.55 bits per heavy atom. The van der Waals surface area contributed by atoms with Gasteiger partial charge in [-0.3, -0.25) is 14.9 Å². The fraction of sp³-hybridized carbons (Fsp3) is 0.192. The molecule has 0 aliphatic heterocycles. The maximum absolute atomic E-state index is 12.5. The highest BCUT2D eigenvalue weighted by atomic mass is 16.5. The van der Waals surface area contributed by atoms with Crippen LogP contribution in [0.25, 0.3) is 11.1 Å². The molecule has 7 nitrogen and oxygen atoms in total. The summed E-state index contributed by atoms with van der Waals surface area (Å²) in [5, 5.41) is 13.9. The molecular formula is C26H24N2O5. The Bertz CT molecular complexity index is 1150. The van der Waals surface area contributed by atoms with E-state index in [1.165, 1.54) is 0 Å². The molecule has 2 amide bonds.